The number of carbonyl (C=O) groups excluding carboxylic acids is 2. The summed E-state index contributed by atoms with van der Waals surface area (Å²) in [6.45, 7) is 1.60. The standard InChI is InChI=1S/C18H15NO5S/c1-12(11-16(20)22-13-7-3-2-4-8-13)17(21)24-25-18-19-14-9-5-6-10-15(14)23-18/h2-10,12H,11H2,1H3. The van der Waals surface area contributed by atoms with Gasteiger partial charge in [-0.25, -0.2) is 4.98 Å². The fourth-order valence-corrected chi connectivity index (χ4v) is 2.62. The maximum Gasteiger partial charge on any atom is 0.321 e. The largest absolute Gasteiger partial charge is 0.429 e. The van der Waals surface area contributed by atoms with Gasteiger partial charge in [-0.1, -0.05) is 37.3 Å². The molecule has 0 fully saturated rings. The van der Waals surface area contributed by atoms with Gasteiger partial charge in [-0.3, -0.25) is 9.59 Å². The molecule has 1 atom stereocenters. The predicted octanol–water partition coefficient (Wildman–Crippen LogP) is 4.01. The average Bonchev–Trinajstić information content (AvgIpc) is 3.03. The summed E-state index contributed by atoms with van der Waals surface area (Å²) in [7, 11) is 0. The van der Waals surface area contributed by atoms with Crippen LogP contribution in [-0.4, -0.2) is 16.9 Å². The highest BCUT2D eigenvalue weighted by atomic mass is 32.2. The van der Waals surface area contributed by atoms with E-state index in [1.165, 1.54) is 0 Å². The summed E-state index contributed by atoms with van der Waals surface area (Å²) in [5.74, 6) is -1.25. The third-order valence-electron chi connectivity index (χ3n) is 3.32. The molecule has 3 aromatic rings. The molecule has 7 heteroatoms. The molecule has 0 spiro atoms. The number of carbonyl (C=O) groups is 2. The van der Waals surface area contributed by atoms with Gasteiger partial charge in [-0.05, 0) is 24.3 Å². The number of para-hydroxylation sites is 3. The SMILES string of the molecule is CC(CC(=O)Oc1ccccc1)C(=O)OSc1nc2ccccc2o1. The predicted molar refractivity (Wildman–Crippen MR) is 91.8 cm³/mol. The van der Waals surface area contributed by atoms with Crippen LogP contribution in [-0.2, 0) is 13.8 Å². The number of nitrogens with zero attached hydrogens (tertiary/aromatic N) is 1. The summed E-state index contributed by atoms with van der Waals surface area (Å²) in [5, 5.41) is 0.230. The Bertz CT molecular complexity index is 844. The van der Waals surface area contributed by atoms with Crippen molar-refractivity contribution in [1.29, 1.82) is 0 Å². The van der Waals surface area contributed by atoms with E-state index in [0.717, 1.165) is 12.0 Å². The molecule has 25 heavy (non-hydrogen) atoms. The third-order valence-corrected chi connectivity index (χ3v) is 3.88. The van der Waals surface area contributed by atoms with Gasteiger partial charge in [0.1, 0.15) is 11.3 Å². The van der Waals surface area contributed by atoms with E-state index in [1.807, 2.05) is 18.2 Å². The number of hydrogen-bond acceptors (Lipinski definition) is 7. The molecule has 1 unspecified atom stereocenters. The zero-order valence-corrected chi connectivity index (χ0v) is 14.2. The molecule has 0 saturated carbocycles. The molecule has 0 bridgehead atoms. The number of aromatic nitrogens is 1. The van der Waals surface area contributed by atoms with Crippen LogP contribution < -0.4 is 4.74 Å². The summed E-state index contributed by atoms with van der Waals surface area (Å²) in [6.07, 6.45) is -0.0815. The Morgan fingerprint density at radius 1 is 1.12 bits per heavy atom. The van der Waals surface area contributed by atoms with Gasteiger partial charge in [0.05, 0.1) is 12.3 Å². The van der Waals surface area contributed by atoms with Crippen molar-refractivity contribution in [3.05, 3.63) is 54.6 Å². The lowest BCUT2D eigenvalue weighted by Crippen LogP contribution is -2.19. The minimum Gasteiger partial charge on any atom is -0.429 e. The lowest BCUT2D eigenvalue weighted by Gasteiger charge is -2.09. The highest BCUT2D eigenvalue weighted by Crippen LogP contribution is 2.25. The lowest BCUT2D eigenvalue weighted by molar-refractivity contribution is -0.143. The van der Waals surface area contributed by atoms with E-state index in [4.69, 9.17) is 13.3 Å². The Hall–Kier alpha value is -2.80. The molecule has 3 rings (SSSR count). The Kier molecular flexibility index (Phi) is 5.35. The van der Waals surface area contributed by atoms with Gasteiger partial charge < -0.3 is 13.3 Å². The third kappa shape index (κ3) is 4.60. The number of benzene rings is 2. The van der Waals surface area contributed by atoms with E-state index >= 15 is 0 Å². The fraction of sp³-hybridized carbons (Fsp3) is 0.167. The molecular weight excluding hydrogens is 342 g/mol. The van der Waals surface area contributed by atoms with E-state index < -0.39 is 17.9 Å². The van der Waals surface area contributed by atoms with Gasteiger partial charge in [0.25, 0.3) is 5.22 Å². The first kappa shape index (κ1) is 17.0. The Balaban J connectivity index is 1.49. The second-order valence-corrected chi connectivity index (χ2v) is 6.01. The van der Waals surface area contributed by atoms with Crippen molar-refractivity contribution in [3.8, 4) is 5.75 Å². The number of rotatable bonds is 6. The molecule has 0 radical (unpaired) electrons. The molecule has 1 heterocycles. The van der Waals surface area contributed by atoms with Gasteiger partial charge >= 0.3 is 11.9 Å². The number of hydrogen-bond donors (Lipinski definition) is 0. The molecule has 0 amide bonds. The number of esters is 1. The molecule has 0 N–H and O–H groups in total. The van der Waals surface area contributed by atoms with Crippen molar-refractivity contribution in [2.75, 3.05) is 0 Å². The second-order valence-electron chi connectivity index (χ2n) is 5.33. The Labute approximate surface area is 148 Å². The van der Waals surface area contributed by atoms with E-state index in [0.29, 0.717) is 16.8 Å². The Morgan fingerprint density at radius 2 is 1.84 bits per heavy atom. The smallest absolute Gasteiger partial charge is 0.321 e. The van der Waals surface area contributed by atoms with Crippen LogP contribution in [0.15, 0.2) is 64.2 Å². The van der Waals surface area contributed by atoms with Gasteiger partial charge in [-0.2, -0.15) is 0 Å². The highest BCUT2D eigenvalue weighted by Gasteiger charge is 2.21. The van der Waals surface area contributed by atoms with Crippen molar-refractivity contribution < 1.29 is 22.9 Å². The van der Waals surface area contributed by atoms with Gasteiger partial charge in [0.2, 0.25) is 0 Å². The normalized spacial score (nSPS) is 11.9. The summed E-state index contributed by atoms with van der Waals surface area (Å²) in [4.78, 5) is 28.0. The van der Waals surface area contributed by atoms with E-state index in [-0.39, 0.29) is 11.6 Å². The van der Waals surface area contributed by atoms with Gasteiger partial charge in [-0.15, -0.1) is 0 Å². The fourth-order valence-electron chi connectivity index (χ4n) is 2.04. The monoisotopic (exact) mass is 357 g/mol. The first-order valence-corrected chi connectivity index (χ1v) is 8.35. The maximum atomic E-state index is 12.0. The topological polar surface area (TPSA) is 78.6 Å². The Morgan fingerprint density at radius 3 is 2.60 bits per heavy atom. The zero-order chi connectivity index (χ0) is 17.6. The van der Waals surface area contributed by atoms with Crippen LogP contribution in [0.1, 0.15) is 13.3 Å². The second kappa shape index (κ2) is 7.85. The van der Waals surface area contributed by atoms with Crippen LogP contribution in [0.5, 0.6) is 5.75 Å². The summed E-state index contributed by atoms with van der Waals surface area (Å²) >= 11 is 0.734. The molecule has 0 aliphatic heterocycles. The molecule has 0 saturated heterocycles. The quantitative estimate of drug-likeness (QED) is 0.375. The molecular formula is C18H15NO5S. The highest BCUT2D eigenvalue weighted by molar-refractivity contribution is 7.94. The molecule has 0 aliphatic rings. The van der Waals surface area contributed by atoms with Crippen molar-refractivity contribution in [3.63, 3.8) is 0 Å². The average molecular weight is 357 g/mol. The van der Waals surface area contributed by atoms with Crippen molar-refractivity contribution in [2.45, 2.75) is 18.6 Å². The minimum atomic E-state index is -0.645. The van der Waals surface area contributed by atoms with Crippen LogP contribution in [0.2, 0.25) is 0 Å². The molecule has 128 valence electrons. The van der Waals surface area contributed by atoms with Crippen molar-refractivity contribution >= 4 is 35.1 Å². The van der Waals surface area contributed by atoms with Crippen LogP contribution in [0.25, 0.3) is 11.1 Å². The van der Waals surface area contributed by atoms with E-state index in [9.17, 15) is 9.59 Å². The number of fused-ring (bicyclic) bond motifs is 1. The van der Waals surface area contributed by atoms with Crippen molar-refractivity contribution in [2.24, 2.45) is 5.92 Å². The van der Waals surface area contributed by atoms with Crippen LogP contribution in [0.4, 0.5) is 0 Å². The van der Waals surface area contributed by atoms with Gasteiger partial charge in [0, 0.05) is 0 Å². The summed E-state index contributed by atoms with van der Waals surface area (Å²) < 4.78 is 15.7. The van der Waals surface area contributed by atoms with E-state index in [1.54, 1.807) is 43.3 Å². The minimum absolute atomic E-state index is 0.0815. The molecule has 6 nitrogen and oxygen atoms in total. The summed E-state index contributed by atoms with van der Waals surface area (Å²) in [6, 6.07) is 15.9. The first-order valence-electron chi connectivity index (χ1n) is 7.61. The van der Waals surface area contributed by atoms with Crippen LogP contribution in [0.3, 0.4) is 0 Å². The summed E-state index contributed by atoms with van der Waals surface area (Å²) in [5.41, 5.74) is 1.29. The first-order chi connectivity index (χ1) is 12.1. The molecule has 0 aliphatic carbocycles. The number of oxazole rings is 1. The van der Waals surface area contributed by atoms with Crippen LogP contribution >= 0.6 is 12.0 Å². The molecule has 2 aromatic carbocycles. The van der Waals surface area contributed by atoms with Gasteiger partial charge in [0.15, 0.2) is 17.6 Å². The van der Waals surface area contributed by atoms with E-state index in [2.05, 4.69) is 4.98 Å². The van der Waals surface area contributed by atoms with Crippen molar-refractivity contribution in [1.82, 2.24) is 4.98 Å². The molecule has 1 aromatic heterocycles. The maximum absolute atomic E-state index is 12.0. The zero-order valence-electron chi connectivity index (χ0n) is 13.4. The van der Waals surface area contributed by atoms with Crippen LogP contribution in [0, 0.1) is 5.92 Å². The lowest BCUT2D eigenvalue weighted by atomic mass is 10.1. The number of ether oxygens (including phenoxy) is 1.